The molecule has 0 N–H and O–H groups in total. The SMILES string of the molecule is CC(CCOC1CCCCO1)CCC1OC1(C)C. The van der Waals surface area contributed by atoms with Gasteiger partial charge in [0.1, 0.15) is 0 Å². The van der Waals surface area contributed by atoms with Crippen molar-refractivity contribution in [2.24, 2.45) is 5.92 Å². The van der Waals surface area contributed by atoms with Crippen molar-refractivity contribution in [3.8, 4) is 0 Å². The lowest BCUT2D eigenvalue weighted by molar-refractivity contribution is -0.164. The highest BCUT2D eigenvalue weighted by Gasteiger charge is 2.46. The summed E-state index contributed by atoms with van der Waals surface area (Å²) in [6.45, 7) is 8.35. The topological polar surface area (TPSA) is 31.0 Å². The molecule has 0 aromatic rings. The molecule has 0 aromatic heterocycles. The second-order valence-electron chi connectivity index (χ2n) is 6.35. The Kier molecular flexibility index (Phi) is 5.05. The van der Waals surface area contributed by atoms with E-state index in [0.29, 0.717) is 12.0 Å². The molecule has 0 saturated carbocycles. The molecule has 2 aliphatic rings. The first-order valence-corrected chi connectivity index (χ1v) is 7.49. The van der Waals surface area contributed by atoms with E-state index in [4.69, 9.17) is 14.2 Å². The molecule has 2 saturated heterocycles. The van der Waals surface area contributed by atoms with E-state index < -0.39 is 0 Å². The summed E-state index contributed by atoms with van der Waals surface area (Å²) in [6.07, 6.45) is 7.61. The quantitative estimate of drug-likeness (QED) is 0.653. The van der Waals surface area contributed by atoms with E-state index >= 15 is 0 Å². The van der Waals surface area contributed by atoms with Gasteiger partial charge in [0.15, 0.2) is 6.29 Å². The summed E-state index contributed by atoms with van der Waals surface area (Å²) in [5.41, 5.74) is 0.145. The first-order valence-electron chi connectivity index (χ1n) is 7.49. The number of epoxide rings is 1. The molecule has 3 unspecified atom stereocenters. The summed E-state index contributed by atoms with van der Waals surface area (Å²) in [7, 11) is 0. The monoisotopic (exact) mass is 256 g/mol. The smallest absolute Gasteiger partial charge is 0.157 e. The summed E-state index contributed by atoms with van der Waals surface area (Å²) >= 11 is 0. The highest BCUT2D eigenvalue weighted by atomic mass is 16.7. The van der Waals surface area contributed by atoms with Gasteiger partial charge in [0.2, 0.25) is 0 Å². The van der Waals surface area contributed by atoms with Crippen LogP contribution in [0.5, 0.6) is 0 Å². The average molecular weight is 256 g/mol. The molecule has 3 heteroatoms. The van der Waals surface area contributed by atoms with Crippen molar-refractivity contribution in [2.75, 3.05) is 13.2 Å². The van der Waals surface area contributed by atoms with Gasteiger partial charge >= 0.3 is 0 Å². The first-order chi connectivity index (χ1) is 8.58. The molecule has 0 amide bonds. The first kappa shape index (κ1) is 14.3. The number of hydrogen-bond donors (Lipinski definition) is 0. The Morgan fingerprint density at radius 3 is 2.67 bits per heavy atom. The highest BCUT2D eigenvalue weighted by molar-refractivity contribution is 4.94. The van der Waals surface area contributed by atoms with Crippen molar-refractivity contribution in [3.63, 3.8) is 0 Å². The molecule has 0 bridgehead atoms. The third kappa shape index (κ3) is 4.52. The molecule has 0 spiro atoms. The maximum Gasteiger partial charge on any atom is 0.157 e. The fourth-order valence-corrected chi connectivity index (χ4v) is 2.56. The molecular weight excluding hydrogens is 228 g/mol. The number of ether oxygens (including phenoxy) is 3. The molecule has 3 nitrogen and oxygen atoms in total. The molecule has 2 fully saturated rings. The van der Waals surface area contributed by atoms with Gasteiger partial charge in [0.05, 0.1) is 11.7 Å². The van der Waals surface area contributed by atoms with Crippen LogP contribution in [0.2, 0.25) is 0 Å². The Morgan fingerprint density at radius 2 is 2.06 bits per heavy atom. The van der Waals surface area contributed by atoms with E-state index in [9.17, 15) is 0 Å². The van der Waals surface area contributed by atoms with Gasteiger partial charge in [-0.15, -0.1) is 0 Å². The van der Waals surface area contributed by atoms with Crippen LogP contribution in [0.3, 0.4) is 0 Å². The number of hydrogen-bond acceptors (Lipinski definition) is 3. The summed E-state index contributed by atoms with van der Waals surface area (Å²) in [5, 5.41) is 0. The molecule has 18 heavy (non-hydrogen) atoms. The van der Waals surface area contributed by atoms with Crippen LogP contribution < -0.4 is 0 Å². The van der Waals surface area contributed by atoms with Crippen LogP contribution in [-0.4, -0.2) is 31.2 Å². The zero-order valence-electron chi connectivity index (χ0n) is 12.1. The van der Waals surface area contributed by atoms with E-state index in [-0.39, 0.29) is 11.9 Å². The largest absolute Gasteiger partial charge is 0.367 e. The van der Waals surface area contributed by atoms with Gasteiger partial charge in [-0.2, -0.15) is 0 Å². The zero-order chi connectivity index (χ0) is 13.0. The van der Waals surface area contributed by atoms with Crippen LogP contribution >= 0.6 is 0 Å². The van der Waals surface area contributed by atoms with Gasteiger partial charge in [-0.25, -0.2) is 0 Å². The maximum absolute atomic E-state index is 5.76. The summed E-state index contributed by atoms with van der Waals surface area (Å²) in [5.74, 6) is 0.716. The van der Waals surface area contributed by atoms with Gasteiger partial charge in [0.25, 0.3) is 0 Å². The fourth-order valence-electron chi connectivity index (χ4n) is 2.56. The Morgan fingerprint density at radius 1 is 1.28 bits per heavy atom. The van der Waals surface area contributed by atoms with E-state index in [1.165, 1.54) is 25.7 Å². The van der Waals surface area contributed by atoms with Crippen molar-refractivity contribution in [3.05, 3.63) is 0 Å². The standard InChI is InChI=1S/C15H28O3/c1-12(7-8-13-15(2,3)18-13)9-11-17-14-6-4-5-10-16-14/h12-14H,4-11H2,1-3H3. The van der Waals surface area contributed by atoms with Crippen LogP contribution in [0.1, 0.15) is 59.3 Å². The Bertz CT molecular complexity index is 246. The lowest BCUT2D eigenvalue weighted by atomic mass is 9.98. The minimum Gasteiger partial charge on any atom is -0.367 e. The molecule has 2 rings (SSSR count). The molecule has 3 atom stereocenters. The molecule has 2 aliphatic heterocycles. The van der Waals surface area contributed by atoms with Gasteiger partial charge in [-0.3, -0.25) is 0 Å². The minimum absolute atomic E-state index is 0.0663. The third-order valence-corrected chi connectivity index (χ3v) is 4.14. The summed E-state index contributed by atoms with van der Waals surface area (Å²) < 4.78 is 16.9. The van der Waals surface area contributed by atoms with Crippen molar-refractivity contribution >= 4 is 0 Å². The van der Waals surface area contributed by atoms with E-state index in [2.05, 4.69) is 20.8 Å². The van der Waals surface area contributed by atoms with Gasteiger partial charge in [-0.1, -0.05) is 6.92 Å². The summed E-state index contributed by atoms with van der Waals surface area (Å²) in [6, 6.07) is 0. The van der Waals surface area contributed by atoms with Crippen molar-refractivity contribution < 1.29 is 14.2 Å². The van der Waals surface area contributed by atoms with Crippen LogP contribution in [0, 0.1) is 5.92 Å². The van der Waals surface area contributed by atoms with Gasteiger partial charge in [-0.05, 0) is 58.3 Å². The summed E-state index contributed by atoms with van der Waals surface area (Å²) in [4.78, 5) is 0. The maximum atomic E-state index is 5.76. The van der Waals surface area contributed by atoms with E-state index in [0.717, 1.165) is 26.1 Å². The average Bonchev–Trinajstić information content (AvgIpc) is 2.96. The molecule has 0 radical (unpaired) electrons. The number of rotatable bonds is 7. The molecule has 2 heterocycles. The predicted molar refractivity (Wildman–Crippen MR) is 71.5 cm³/mol. The van der Waals surface area contributed by atoms with Crippen LogP contribution in [0.15, 0.2) is 0 Å². The highest BCUT2D eigenvalue weighted by Crippen LogP contribution is 2.39. The fraction of sp³-hybridized carbons (Fsp3) is 1.00. The second kappa shape index (κ2) is 6.36. The second-order valence-corrected chi connectivity index (χ2v) is 6.35. The lowest BCUT2D eigenvalue weighted by Crippen LogP contribution is -2.23. The zero-order valence-corrected chi connectivity index (χ0v) is 12.1. The molecular formula is C15H28O3. The Hall–Kier alpha value is -0.120. The van der Waals surface area contributed by atoms with E-state index in [1.807, 2.05) is 0 Å². The predicted octanol–water partition coefficient (Wildman–Crippen LogP) is 3.51. The normalized spacial score (nSPS) is 32.2. The molecule has 0 aromatic carbocycles. The van der Waals surface area contributed by atoms with Crippen LogP contribution in [-0.2, 0) is 14.2 Å². The molecule has 0 aliphatic carbocycles. The minimum atomic E-state index is 0.0663. The van der Waals surface area contributed by atoms with Crippen LogP contribution in [0.4, 0.5) is 0 Å². The molecule has 106 valence electrons. The third-order valence-electron chi connectivity index (χ3n) is 4.14. The Labute approximate surface area is 111 Å². The Balaban J connectivity index is 1.48. The van der Waals surface area contributed by atoms with Crippen molar-refractivity contribution in [1.82, 2.24) is 0 Å². The van der Waals surface area contributed by atoms with E-state index in [1.54, 1.807) is 0 Å². The lowest BCUT2D eigenvalue weighted by Gasteiger charge is -2.23. The van der Waals surface area contributed by atoms with Gasteiger partial charge in [0, 0.05) is 13.2 Å². The van der Waals surface area contributed by atoms with Gasteiger partial charge < -0.3 is 14.2 Å². The van der Waals surface area contributed by atoms with Crippen molar-refractivity contribution in [2.45, 2.75) is 77.3 Å². The van der Waals surface area contributed by atoms with Crippen molar-refractivity contribution in [1.29, 1.82) is 0 Å². The van der Waals surface area contributed by atoms with Crippen LogP contribution in [0.25, 0.3) is 0 Å².